The van der Waals surface area contributed by atoms with Crippen molar-refractivity contribution in [1.82, 2.24) is 41.3 Å². The number of pyridine rings is 1. The number of fused-ring (bicyclic) bond motifs is 2. The van der Waals surface area contributed by atoms with E-state index in [4.69, 9.17) is 9.90 Å². The first-order valence-corrected chi connectivity index (χ1v) is 17.4. The van der Waals surface area contributed by atoms with Crippen LogP contribution < -0.4 is 21.3 Å². The number of hydrogen-bond donors (Lipinski definition) is 7. The molecule has 53 heavy (non-hydrogen) atoms. The third-order valence-corrected chi connectivity index (χ3v) is 9.52. The van der Waals surface area contributed by atoms with E-state index in [1.54, 1.807) is 24.4 Å². The topological polar surface area (TPSA) is 253 Å². The predicted octanol–water partition coefficient (Wildman–Crippen LogP) is 0.421. The zero-order valence-electron chi connectivity index (χ0n) is 28.8. The van der Waals surface area contributed by atoms with E-state index in [2.05, 4.69) is 36.4 Å². The lowest BCUT2D eigenvalue weighted by molar-refractivity contribution is -0.144. The fraction of sp³-hybridized carbons (Fsp3) is 0.417. The van der Waals surface area contributed by atoms with Crippen LogP contribution in [0.4, 0.5) is 0 Å². The van der Waals surface area contributed by atoms with Gasteiger partial charge in [-0.05, 0) is 74.3 Å². The second-order valence-corrected chi connectivity index (χ2v) is 13.1. The first kappa shape index (κ1) is 38.1. The Kier molecular flexibility index (Phi) is 12.9. The molecule has 0 radical (unpaired) electrons. The van der Waals surface area contributed by atoms with Gasteiger partial charge in [0.15, 0.2) is 0 Å². The number of benzene rings is 1. The Morgan fingerprint density at radius 1 is 0.943 bits per heavy atom. The van der Waals surface area contributed by atoms with Gasteiger partial charge in [-0.1, -0.05) is 30.3 Å². The highest BCUT2D eigenvalue weighted by Gasteiger charge is 2.44. The van der Waals surface area contributed by atoms with Gasteiger partial charge in [0.1, 0.15) is 29.5 Å². The molecule has 2 saturated heterocycles. The highest BCUT2D eigenvalue weighted by molar-refractivity contribution is 5.98. The lowest BCUT2D eigenvalue weighted by atomic mass is 10.0. The third kappa shape index (κ3) is 9.81. The molecule has 5 amide bonds. The van der Waals surface area contributed by atoms with Gasteiger partial charge in [0.05, 0.1) is 5.69 Å². The summed E-state index contributed by atoms with van der Waals surface area (Å²) in [5, 5.41) is 34.7. The number of carbonyl (C=O) groups excluding carboxylic acids is 5. The Labute approximate surface area is 304 Å². The molecule has 1 aromatic carbocycles. The quantitative estimate of drug-likeness (QED) is 0.171. The number of hydrogen-bond acceptors (Lipinski definition) is 9. The van der Waals surface area contributed by atoms with Crippen LogP contribution in [0.25, 0.3) is 11.4 Å². The molecule has 0 unspecified atom stereocenters. The van der Waals surface area contributed by atoms with Crippen molar-refractivity contribution in [2.24, 2.45) is 5.92 Å². The van der Waals surface area contributed by atoms with Crippen LogP contribution in [0.3, 0.4) is 0 Å². The summed E-state index contributed by atoms with van der Waals surface area (Å²) >= 11 is 0. The van der Waals surface area contributed by atoms with Gasteiger partial charge in [0.2, 0.25) is 23.6 Å². The molecule has 0 bridgehead atoms. The summed E-state index contributed by atoms with van der Waals surface area (Å²) in [6.45, 7) is 0.0254. The van der Waals surface area contributed by atoms with E-state index >= 15 is 0 Å². The van der Waals surface area contributed by atoms with Gasteiger partial charge in [0.25, 0.3) is 12.4 Å². The van der Waals surface area contributed by atoms with Crippen molar-refractivity contribution in [3.05, 3.63) is 71.5 Å². The highest BCUT2D eigenvalue weighted by Crippen LogP contribution is 2.28. The minimum absolute atomic E-state index is 0.0135. The predicted molar refractivity (Wildman–Crippen MR) is 187 cm³/mol. The molecule has 4 atom stereocenters. The number of amides is 5. The Morgan fingerprint density at radius 3 is 2.34 bits per heavy atom. The van der Waals surface area contributed by atoms with Crippen molar-refractivity contribution < 1.29 is 43.8 Å². The molecule has 2 aromatic heterocycles. The first-order valence-electron chi connectivity index (χ1n) is 17.4. The fourth-order valence-corrected chi connectivity index (χ4v) is 6.86. The molecule has 0 saturated carbocycles. The fourth-order valence-electron chi connectivity index (χ4n) is 6.86. The first-order chi connectivity index (χ1) is 25.6. The minimum Gasteiger partial charge on any atom is -0.483 e. The summed E-state index contributed by atoms with van der Waals surface area (Å²) in [5.74, 6) is -4.01. The number of nitrogens with one attached hydrogen (secondary N) is 5. The molecule has 0 spiro atoms. The van der Waals surface area contributed by atoms with Gasteiger partial charge in [-0.15, -0.1) is 0 Å². The summed E-state index contributed by atoms with van der Waals surface area (Å²) in [7, 11) is 0. The van der Waals surface area contributed by atoms with Crippen LogP contribution in [-0.2, 0) is 41.6 Å². The van der Waals surface area contributed by atoms with Crippen LogP contribution in [0.5, 0.6) is 0 Å². The van der Waals surface area contributed by atoms with Gasteiger partial charge in [0, 0.05) is 37.7 Å². The maximum atomic E-state index is 14.3. The number of rotatable bonds is 6. The summed E-state index contributed by atoms with van der Waals surface area (Å²) < 4.78 is 0. The number of H-pyrrole nitrogens is 1. The maximum absolute atomic E-state index is 14.3. The normalized spacial score (nSPS) is 22.3. The molecule has 6 rings (SSSR count). The van der Waals surface area contributed by atoms with Crippen LogP contribution in [0.15, 0.2) is 54.7 Å². The van der Waals surface area contributed by atoms with E-state index in [1.807, 2.05) is 24.3 Å². The van der Waals surface area contributed by atoms with Crippen LogP contribution in [0.2, 0.25) is 0 Å². The standard InChI is InChI=1S/C35H40N8O7.CH2O2/c44-30-12-11-26(35(49)50)40-33(47)29-17-23(38-31(45)22-15-20-7-1-2-8-21(20)16-22)19-43(29)34(48)25(10-4-6-14-37-30)39-32(46)28-18-27(41-42-28)24-9-3-5-13-36-24;2-1-3/h1-3,5,7-9,13,18,22-23,25-26,29H,4,6,10-12,14-17,19H2,(H,37,44)(H,38,45)(H,39,46)(H,40,47)(H,41,42)(H,49,50);1H,(H,2,3)/t23-,25+,26+,29+;/m1./s1. The van der Waals surface area contributed by atoms with Crippen molar-refractivity contribution in [3.8, 4) is 11.4 Å². The Bertz CT molecular complexity index is 1790. The van der Waals surface area contributed by atoms with Crippen LogP contribution >= 0.6 is 0 Å². The Hall–Kier alpha value is -6.13. The summed E-state index contributed by atoms with van der Waals surface area (Å²) in [4.78, 5) is 93.3. The summed E-state index contributed by atoms with van der Waals surface area (Å²) in [6, 6.07) is 10.5. The van der Waals surface area contributed by atoms with E-state index in [-0.39, 0.29) is 68.7 Å². The average molecular weight is 731 g/mol. The van der Waals surface area contributed by atoms with Crippen molar-refractivity contribution in [2.75, 3.05) is 13.1 Å². The van der Waals surface area contributed by atoms with Gasteiger partial charge in [-0.25, -0.2) is 4.79 Å². The molecule has 2 fully saturated rings. The van der Waals surface area contributed by atoms with Crippen LogP contribution in [0.1, 0.15) is 60.1 Å². The number of carbonyl (C=O) groups is 7. The molecular weight excluding hydrogens is 688 g/mol. The van der Waals surface area contributed by atoms with E-state index in [0.29, 0.717) is 37.1 Å². The SMILES string of the molecule is O=C1CC[C@@H](C(=O)O)NC(=O)[C@@H]2C[C@@H](NC(=O)C3Cc4ccccc4C3)CN2C(=O)[C@@H](NC(=O)c2cc(-c3ccccn3)n[nH]2)CCCCN1.O=CO. The van der Waals surface area contributed by atoms with Gasteiger partial charge in [-0.2, -0.15) is 5.10 Å². The zero-order chi connectivity index (χ0) is 37.9. The number of aromatic nitrogens is 3. The number of carboxylic acids is 1. The summed E-state index contributed by atoms with van der Waals surface area (Å²) in [5.41, 5.74) is 3.31. The monoisotopic (exact) mass is 730 g/mol. The van der Waals surface area contributed by atoms with Gasteiger partial charge in [-0.3, -0.25) is 38.8 Å². The lowest BCUT2D eigenvalue weighted by Crippen LogP contribution is -2.55. The minimum atomic E-state index is -1.37. The summed E-state index contributed by atoms with van der Waals surface area (Å²) in [6.07, 6.45) is 3.69. The molecular formula is C36H42N8O9. The Morgan fingerprint density at radius 2 is 1.66 bits per heavy atom. The second-order valence-electron chi connectivity index (χ2n) is 13.1. The number of nitrogens with zero attached hydrogens (tertiary/aromatic N) is 3. The van der Waals surface area contributed by atoms with Crippen molar-refractivity contribution in [3.63, 3.8) is 0 Å². The lowest BCUT2D eigenvalue weighted by Gasteiger charge is -2.29. The van der Waals surface area contributed by atoms with Gasteiger partial charge < -0.3 is 36.4 Å². The number of aromatic amines is 1. The number of carboxylic acid groups (broad SMARTS) is 2. The zero-order valence-corrected chi connectivity index (χ0v) is 28.8. The van der Waals surface area contributed by atoms with Crippen molar-refractivity contribution in [2.45, 2.75) is 75.5 Å². The molecule has 4 heterocycles. The van der Waals surface area contributed by atoms with E-state index in [1.165, 1.54) is 11.0 Å². The third-order valence-electron chi connectivity index (χ3n) is 9.52. The van der Waals surface area contributed by atoms with Crippen LogP contribution in [-0.4, -0.2) is 110 Å². The molecule has 17 heteroatoms. The van der Waals surface area contributed by atoms with E-state index in [9.17, 15) is 33.9 Å². The van der Waals surface area contributed by atoms with Crippen LogP contribution in [0, 0.1) is 5.92 Å². The number of aliphatic carboxylic acids is 1. The Balaban J connectivity index is 0.00000175. The largest absolute Gasteiger partial charge is 0.483 e. The molecule has 2 aliphatic heterocycles. The smallest absolute Gasteiger partial charge is 0.326 e. The second kappa shape index (κ2) is 17.9. The van der Waals surface area contributed by atoms with Crippen molar-refractivity contribution >= 4 is 42.0 Å². The average Bonchev–Trinajstić information content (AvgIpc) is 3.92. The molecule has 3 aliphatic rings. The van der Waals surface area contributed by atoms with E-state index in [0.717, 1.165) is 11.1 Å². The molecule has 280 valence electrons. The van der Waals surface area contributed by atoms with E-state index < -0.39 is 47.9 Å². The molecule has 17 nitrogen and oxygen atoms in total. The molecule has 1 aliphatic carbocycles. The van der Waals surface area contributed by atoms with Crippen molar-refractivity contribution in [1.29, 1.82) is 0 Å². The highest BCUT2D eigenvalue weighted by atomic mass is 16.4. The van der Waals surface area contributed by atoms with Gasteiger partial charge >= 0.3 is 5.97 Å². The molecule has 7 N–H and O–H groups in total. The molecule has 3 aromatic rings. The maximum Gasteiger partial charge on any atom is 0.326 e.